The molecule has 1 spiro atoms. The van der Waals surface area contributed by atoms with E-state index in [0.29, 0.717) is 45.6 Å². The van der Waals surface area contributed by atoms with E-state index in [2.05, 4.69) is 10.2 Å². The molecule has 7 heteroatoms. The highest BCUT2D eigenvalue weighted by Gasteiger charge is 2.54. The number of carbonyl (C=O) groups excluding carboxylic acids is 3. The standard InChI is InChI=1S/C26H32N4O3/c1-2-9-24(32)28-16-14-26(15-17-28)25(33)29(20-30(26)22-12-7-4-8-13-22)19-23(31)27-18-21-10-5-3-6-11-21/h3-8,10-13H,2,9,14-20H2,1H3,(H,27,31). The Kier molecular flexibility index (Phi) is 6.96. The van der Waals surface area contributed by atoms with E-state index < -0.39 is 5.54 Å². The molecule has 2 aliphatic rings. The summed E-state index contributed by atoms with van der Waals surface area (Å²) in [6, 6.07) is 19.6. The van der Waals surface area contributed by atoms with Gasteiger partial charge in [0.05, 0.1) is 6.67 Å². The molecule has 4 rings (SSSR count). The Balaban J connectivity index is 1.47. The molecule has 0 aromatic heterocycles. The van der Waals surface area contributed by atoms with Crippen molar-refractivity contribution < 1.29 is 14.4 Å². The van der Waals surface area contributed by atoms with Crippen molar-refractivity contribution in [2.75, 3.05) is 31.2 Å². The van der Waals surface area contributed by atoms with Crippen molar-refractivity contribution in [2.45, 2.75) is 44.7 Å². The fourth-order valence-corrected chi connectivity index (χ4v) is 4.85. The number of hydrogen-bond donors (Lipinski definition) is 1. The highest BCUT2D eigenvalue weighted by atomic mass is 16.2. The third-order valence-corrected chi connectivity index (χ3v) is 6.66. The van der Waals surface area contributed by atoms with Crippen LogP contribution in [-0.2, 0) is 20.9 Å². The van der Waals surface area contributed by atoms with Crippen LogP contribution in [0, 0.1) is 0 Å². The van der Waals surface area contributed by atoms with E-state index >= 15 is 0 Å². The normalized spacial score (nSPS) is 17.5. The van der Waals surface area contributed by atoms with E-state index in [1.54, 1.807) is 4.90 Å². The Morgan fingerprint density at radius 3 is 2.24 bits per heavy atom. The van der Waals surface area contributed by atoms with Crippen LogP contribution in [0.15, 0.2) is 60.7 Å². The van der Waals surface area contributed by atoms with Gasteiger partial charge in [0.25, 0.3) is 5.91 Å². The number of amides is 3. The summed E-state index contributed by atoms with van der Waals surface area (Å²) >= 11 is 0. The lowest BCUT2D eigenvalue weighted by atomic mass is 9.85. The molecule has 0 radical (unpaired) electrons. The van der Waals surface area contributed by atoms with E-state index in [9.17, 15) is 14.4 Å². The monoisotopic (exact) mass is 448 g/mol. The predicted octanol–water partition coefficient (Wildman–Crippen LogP) is 2.77. The Labute approximate surface area is 195 Å². The number of benzene rings is 2. The van der Waals surface area contributed by atoms with Gasteiger partial charge in [-0.3, -0.25) is 14.4 Å². The summed E-state index contributed by atoms with van der Waals surface area (Å²) in [7, 11) is 0. The summed E-state index contributed by atoms with van der Waals surface area (Å²) in [5, 5.41) is 2.92. The summed E-state index contributed by atoms with van der Waals surface area (Å²) in [5.74, 6) is -0.0437. The van der Waals surface area contributed by atoms with Gasteiger partial charge in [0.2, 0.25) is 11.8 Å². The molecular weight excluding hydrogens is 416 g/mol. The highest BCUT2D eigenvalue weighted by molar-refractivity contribution is 5.96. The van der Waals surface area contributed by atoms with Crippen molar-refractivity contribution in [3.8, 4) is 0 Å². The zero-order valence-electron chi connectivity index (χ0n) is 19.2. The number of likely N-dealkylation sites (tertiary alicyclic amines) is 1. The molecule has 0 atom stereocenters. The molecule has 2 aromatic rings. The van der Waals surface area contributed by atoms with Crippen LogP contribution in [0.4, 0.5) is 5.69 Å². The first-order valence-electron chi connectivity index (χ1n) is 11.7. The Morgan fingerprint density at radius 1 is 0.970 bits per heavy atom. The molecule has 2 aromatic carbocycles. The number of piperidine rings is 1. The van der Waals surface area contributed by atoms with Crippen LogP contribution >= 0.6 is 0 Å². The van der Waals surface area contributed by atoms with Gasteiger partial charge in [-0.2, -0.15) is 0 Å². The van der Waals surface area contributed by atoms with Gasteiger partial charge in [0, 0.05) is 31.7 Å². The van der Waals surface area contributed by atoms with Crippen molar-refractivity contribution in [3.05, 3.63) is 66.2 Å². The predicted molar refractivity (Wildman–Crippen MR) is 127 cm³/mol. The van der Waals surface area contributed by atoms with Crippen LogP contribution in [0.3, 0.4) is 0 Å². The van der Waals surface area contributed by atoms with Gasteiger partial charge in [-0.05, 0) is 37.0 Å². The first-order chi connectivity index (χ1) is 16.0. The van der Waals surface area contributed by atoms with Gasteiger partial charge in [0.15, 0.2) is 0 Å². The molecule has 174 valence electrons. The van der Waals surface area contributed by atoms with E-state index in [1.165, 1.54) is 0 Å². The second kappa shape index (κ2) is 10.1. The zero-order valence-corrected chi connectivity index (χ0v) is 19.2. The molecule has 0 bridgehead atoms. The largest absolute Gasteiger partial charge is 0.350 e. The Hall–Kier alpha value is -3.35. The molecular formula is C26H32N4O3. The molecule has 0 aliphatic carbocycles. The minimum absolute atomic E-state index is 0.0230. The molecule has 2 aliphatic heterocycles. The molecule has 2 heterocycles. The average Bonchev–Trinajstić information content (AvgIpc) is 3.10. The van der Waals surface area contributed by atoms with Gasteiger partial charge in [0.1, 0.15) is 12.1 Å². The average molecular weight is 449 g/mol. The first-order valence-corrected chi connectivity index (χ1v) is 11.7. The van der Waals surface area contributed by atoms with Gasteiger partial charge in [-0.15, -0.1) is 0 Å². The lowest BCUT2D eigenvalue weighted by molar-refractivity contribution is -0.140. The lowest BCUT2D eigenvalue weighted by Crippen LogP contribution is -2.57. The van der Waals surface area contributed by atoms with Crippen LogP contribution in [-0.4, -0.2) is 59.4 Å². The minimum atomic E-state index is -0.718. The number of para-hydroxylation sites is 1. The maximum Gasteiger partial charge on any atom is 0.250 e. The van der Waals surface area contributed by atoms with Crippen molar-refractivity contribution in [2.24, 2.45) is 0 Å². The van der Waals surface area contributed by atoms with Gasteiger partial charge in [-0.25, -0.2) is 0 Å². The van der Waals surface area contributed by atoms with Crippen LogP contribution in [0.5, 0.6) is 0 Å². The maximum atomic E-state index is 13.7. The summed E-state index contributed by atoms with van der Waals surface area (Å²) < 4.78 is 0. The second-order valence-corrected chi connectivity index (χ2v) is 8.83. The quantitative estimate of drug-likeness (QED) is 0.707. The molecule has 2 saturated heterocycles. The summed E-state index contributed by atoms with van der Waals surface area (Å²) in [6.45, 7) is 3.94. The van der Waals surface area contributed by atoms with Crippen LogP contribution < -0.4 is 10.2 Å². The third-order valence-electron chi connectivity index (χ3n) is 6.66. The summed E-state index contributed by atoms with van der Waals surface area (Å²) in [6.07, 6.45) is 2.50. The fourth-order valence-electron chi connectivity index (χ4n) is 4.85. The highest BCUT2D eigenvalue weighted by Crippen LogP contribution is 2.39. The zero-order chi connectivity index (χ0) is 23.3. The minimum Gasteiger partial charge on any atom is -0.350 e. The third kappa shape index (κ3) is 4.87. The molecule has 1 N–H and O–H groups in total. The van der Waals surface area contributed by atoms with Crippen molar-refractivity contribution in [3.63, 3.8) is 0 Å². The van der Waals surface area contributed by atoms with E-state index in [-0.39, 0.29) is 24.3 Å². The molecule has 0 saturated carbocycles. The van der Waals surface area contributed by atoms with Crippen LogP contribution in [0.2, 0.25) is 0 Å². The van der Waals surface area contributed by atoms with Gasteiger partial charge in [-0.1, -0.05) is 55.5 Å². The fraction of sp³-hybridized carbons (Fsp3) is 0.423. The Morgan fingerprint density at radius 2 is 1.61 bits per heavy atom. The van der Waals surface area contributed by atoms with Crippen LogP contribution in [0.25, 0.3) is 0 Å². The summed E-state index contributed by atoms with van der Waals surface area (Å²) in [5.41, 5.74) is 1.26. The van der Waals surface area contributed by atoms with Crippen LogP contribution in [0.1, 0.15) is 38.2 Å². The van der Waals surface area contributed by atoms with Gasteiger partial charge < -0.3 is 20.0 Å². The summed E-state index contributed by atoms with van der Waals surface area (Å²) in [4.78, 5) is 44.4. The number of carbonyl (C=O) groups is 3. The molecule has 0 unspecified atom stereocenters. The van der Waals surface area contributed by atoms with Crippen molar-refractivity contribution in [1.82, 2.24) is 15.1 Å². The number of nitrogens with zero attached hydrogens (tertiary/aromatic N) is 3. The van der Waals surface area contributed by atoms with Crippen molar-refractivity contribution in [1.29, 1.82) is 0 Å². The number of hydrogen-bond acceptors (Lipinski definition) is 4. The molecule has 2 fully saturated rings. The van der Waals surface area contributed by atoms with Gasteiger partial charge >= 0.3 is 0 Å². The number of rotatable bonds is 7. The van der Waals surface area contributed by atoms with Crippen molar-refractivity contribution >= 4 is 23.4 Å². The Bertz CT molecular complexity index is 972. The molecule has 33 heavy (non-hydrogen) atoms. The second-order valence-electron chi connectivity index (χ2n) is 8.83. The van der Waals surface area contributed by atoms with E-state index in [0.717, 1.165) is 17.7 Å². The number of nitrogens with one attached hydrogen (secondary N) is 1. The topological polar surface area (TPSA) is 73.0 Å². The SMILES string of the molecule is CCCC(=O)N1CCC2(CC1)C(=O)N(CC(=O)NCc1ccccc1)CN2c1ccccc1. The molecule has 7 nitrogen and oxygen atoms in total. The molecule has 3 amide bonds. The van der Waals surface area contributed by atoms with E-state index in [4.69, 9.17) is 0 Å². The van der Waals surface area contributed by atoms with E-state index in [1.807, 2.05) is 72.5 Å². The number of anilines is 1. The maximum absolute atomic E-state index is 13.7. The first kappa shape index (κ1) is 22.8. The smallest absolute Gasteiger partial charge is 0.250 e. The lowest BCUT2D eigenvalue weighted by Gasteiger charge is -2.43.